The van der Waals surface area contributed by atoms with Crippen LogP contribution in [0.1, 0.15) is 52.4 Å². The first kappa shape index (κ1) is 13.9. The van der Waals surface area contributed by atoms with Crippen molar-refractivity contribution in [2.24, 2.45) is 0 Å². The van der Waals surface area contributed by atoms with E-state index in [1.807, 2.05) is 0 Å². The molecule has 0 aliphatic rings. The zero-order valence-corrected chi connectivity index (χ0v) is 8.64. The molecule has 2 nitrogen and oxygen atoms in total. The second kappa shape index (κ2) is 16.7. The van der Waals surface area contributed by atoms with Gasteiger partial charge in [0, 0.05) is 0 Å². The van der Waals surface area contributed by atoms with E-state index in [0.29, 0.717) is 0 Å². The van der Waals surface area contributed by atoms with Crippen LogP contribution in [0.2, 0.25) is 0 Å². The smallest absolute Gasteiger partial charge is 0.149 e. The predicted octanol–water partition coefficient (Wildman–Crippen LogP) is 2.85. The monoisotopic (exact) mass is 180 g/mol. The molecule has 0 fully saturated rings. The maximum Gasteiger partial charge on any atom is 0.149 e. The number of rotatable bonds is 5. The molecule has 0 rings (SSSR count). The zero-order valence-electron chi connectivity index (χ0n) is 7.64. The predicted molar refractivity (Wildman–Crippen MR) is 51.8 cm³/mol. The molecule has 0 bridgehead atoms. The van der Waals surface area contributed by atoms with E-state index in [2.05, 4.69) is 13.8 Å². The summed E-state index contributed by atoms with van der Waals surface area (Å²) < 4.78 is 0. The number of unbranched alkanes of at least 4 members (excludes halogenated alkanes) is 5. The van der Waals surface area contributed by atoms with E-state index in [-0.39, 0.29) is 0 Å². The van der Waals surface area contributed by atoms with E-state index in [1.165, 1.54) is 38.5 Å². The van der Waals surface area contributed by atoms with Gasteiger partial charge >= 0.3 is 0 Å². The SMILES string of the molecule is CCCCCCCC.OPO. The van der Waals surface area contributed by atoms with Gasteiger partial charge in [0.05, 0.1) is 0 Å². The van der Waals surface area contributed by atoms with E-state index in [1.54, 1.807) is 0 Å². The van der Waals surface area contributed by atoms with Crippen molar-refractivity contribution in [3.05, 3.63) is 0 Å². The maximum absolute atomic E-state index is 7.15. The summed E-state index contributed by atoms with van der Waals surface area (Å²) in [7, 11) is -0.917. The average molecular weight is 180 g/mol. The number of hydrogen-bond donors (Lipinski definition) is 2. The quantitative estimate of drug-likeness (QED) is 0.504. The average Bonchev–Trinajstić information content (AvgIpc) is 2.00. The van der Waals surface area contributed by atoms with Crippen molar-refractivity contribution >= 4 is 9.03 Å². The molecular formula is C8H21O2P. The van der Waals surface area contributed by atoms with E-state index in [4.69, 9.17) is 9.79 Å². The normalized spacial score (nSPS) is 8.73. The van der Waals surface area contributed by atoms with Crippen LogP contribution in [0, 0.1) is 0 Å². The molecule has 0 unspecified atom stereocenters. The lowest BCUT2D eigenvalue weighted by molar-refractivity contribution is 0.513. The van der Waals surface area contributed by atoms with Gasteiger partial charge in [-0.2, -0.15) is 0 Å². The lowest BCUT2D eigenvalue weighted by atomic mass is 10.1. The first-order valence-corrected chi connectivity index (χ1v) is 5.26. The molecule has 0 aromatic rings. The molecule has 0 spiro atoms. The molecule has 0 aliphatic heterocycles. The summed E-state index contributed by atoms with van der Waals surface area (Å²) in [5, 5.41) is 0. The lowest BCUT2D eigenvalue weighted by Gasteiger charge is -1.93. The van der Waals surface area contributed by atoms with E-state index >= 15 is 0 Å². The Morgan fingerprint density at radius 2 is 1.09 bits per heavy atom. The summed E-state index contributed by atoms with van der Waals surface area (Å²) in [6.45, 7) is 4.51. The fourth-order valence-corrected chi connectivity index (χ4v) is 0.854. The topological polar surface area (TPSA) is 40.5 Å². The number of hydrogen-bond acceptors (Lipinski definition) is 2. The van der Waals surface area contributed by atoms with Gasteiger partial charge in [-0.3, -0.25) is 0 Å². The van der Waals surface area contributed by atoms with E-state index < -0.39 is 9.03 Å². The lowest BCUT2D eigenvalue weighted by Crippen LogP contribution is -1.73. The fraction of sp³-hybridized carbons (Fsp3) is 1.00. The van der Waals surface area contributed by atoms with Crippen molar-refractivity contribution in [1.82, 2.24) is 0 Å². The molecule has 0 aliphatic carbocycles. The van der Waals surface area contributed by atoms with Crippen LogP contribution in [-0.2, 0) is 0 Å². The van der Waals surface area contributed by atoms with Crippen LogP contribution in [0.4, 0.5) is 0 Å². The molecule has 0 saturated heterocycles. The summed E-state index contributed by atoms with van der Waals surface area (Å²) in [6.07, 6.45) is 8.49. The van der Waals surface area contributed by atoms with Crippen LogP contribution >= 0.6 is 9.03 Å². The highest BCUT2D eigenvalue weighted by Crippen LogP contribution is 2.03. The molecule has 11 heavy (non-hydrogen) atoms. The summed E-state index contributed by atoms with van der Waals surface area (Å²) in [5.41, 5.74) is 0. The molecule has 0 aromatic heterocycles. The Labute approximate surface area is 72.0 Å². The molecule has 3 heteroatoms. The van der Waals surface area contributed by atoms with Gasteiger partial charge in [0.15, 0.2) is 0 Å². The largest absolute Gasteiger partial charge is 0.352 e. The van der Waals surface area contributed by atoms with Crippen molar-refractivity contribution in [3.8, 4) is 0 Å². The summed E-state index contributed by atoms with van der Waals surface area (Å²) in [5.74, 6) is 0. The van der Waals surface area contributed by atoms with Gasteiger partial charge in [-0.05, 0) is 0 Å². The summed E-state index contributed by atoms with van der Waals surface area (Å²) in [6, 6.07) is 0. The van der Waals surface area contributed by atoms with Gasteiger partial charge in [-0.15, -0.1) is 0 Å². The minimum absolute atomic E-state index is 0.917. The van der Waals surface area contributed by atoms with E-state index in [0.717, 1.165) is 0 Å². The Morgan fingerprint density at radius 1 is 0.818 bits per heavy atom. The molecule has 2 N–H and O–H groups in total. The third-order valence-corrected chi connectivity index (χ3v) is 1.46. The second-order valence-corrected chi connectivity index (χ2v) is 2.71. The highest BCUT2D eigenvalue weighted by Gasteiger charge is 1.83. The van der Waals surface area contributed by atoms with Gasteiger partial charge in [0.1, 0.15) is 9.03 Å². The molecule has 0 saturated carbocycles. The van der Waals surface area contributed by atoms with Crippen LogP contribution in [0.25, 0.3) is 0 Å². The molecule has 0 amide bonds. The molecule has 0 heterocycles. The standard InChI is InChI=1S/C8H18.H3O2P/c1-3-5-7-8-6-4-2;1-3-2/h3-8H2,1-2H3;1-3H. The highest BCUT2D eigenvalue weighted by molar-refractivity contribution is 7.23. The second-order valence-electron chi connectivity index (χ2n) is 2.51. The van der Waals surface area contributed by atoms with Gasteiger partial charge in [-0.1, -0.05) is 52.4 Å². The third kappa shape index (κ3) is 25.2. The molecule has 0 aromatic carbocycles. The minimum atomic E-state index is -0.917. The van der Waals surface area contributed by atoms with Crippen molar-refractivity contribution in [2.75, 3.05) is 0 Å². The Kier molecular flexibility index (Phi) is 21.2. The first-order chi connectivity index (χ1) is 5.33. The Balaban J connectivity index is 0. The van der Waals surface area contributed by atoms with Gasteiger partial charge < -0.3 is 9.79 Å². The van der Waals surface area contributed by atoms with E-state index in [9.17, 15) is 0 Å². The van der Waals surface area contributed by atoms with Crippen LogP contribution < -0.4 is 0 Å². The third-order valence-electron chi connectivity index (χ3n) is 1.46. The maximum atomic E-state index is 7.15. The van der Waals surface area contributed by atoms with Crippen LogP contribution in [0.5, 0.6) is 0 Å². The van der Waals surface area contributed by atoms with Gasteiger partial charge in [0.25, 0.3) is 0 Å². The van der Waals surface area contributed by atoms with Gasteiger partial charge in [0.2, 0.25) is 0 Å². The summed E-state index contributed by atoms with van der Waals surface area (Å²) >= 11 is 0. The molecule has 70 valence electrons. The van der Waals surface area contributed by atoms with Crippen LogP contribution in [0.3, 0.4) is 0 Å². The minimum Gasteiger partial charge on any atom is -0.352 e. The Morgan fingerprint density at radius 3 is 1.27 bits per heavy atom. The first-order valence-electron chi connectivity index (χ1n) is 4.36. The van der Waals surface area contributed by atoms with Crippen molar-refractivity contribution in [2.45, 2.75) is 52.4 Å². The zero-order chi connectivity index (χ0) is 8.95. The van der Waals surface area contributed by atoms with Gasteiger partial charge in [-0.25, -0.2) is 0 Å². The molecular weight excluding hydrogens is 159 g/mol. The van der Waals surface area contributed by atoms with Crippen LogP contribution in [0.15, 0.2) is 0 Å². The van der Waals surface area contributed by atoms with Crippen LogP contribution in [-0.4, -0.2) is 9.79 Å². The summed E-state index contributed by atoms with van der Waals surface area (Å²) in [4.78, 5) is 14.3. The van der Waals surface area contributed by atoms with Crippen molar-refractivity contribution in [1.29, 1.82) is 0 Å². The Hall–Kier alpha value is 0.350. The molecule has 0 radical (unpaired) electrons. The fourth-order valence-electron chi connectivity index (χ4n) is 0.854. The Bertz CT molecular complexity index is 45.4. The van der Waals surface area contributed by atoms with Crippen molar-refractivity contribution < 1.29 is 9.79 Å². The molecule has 0 atom stereocenters. The van der Waals surface area contributed by atoms with Crippen molar-refractivity contribution in [3.63, 3.8) is 0 Å². The highest BCUT2D eigenvalue weighted by atomic mass is 31.1.